The molecule has 2 aromatic rings. The van der Waals surface area contributed by atoms with E-state index in [1.807, 2.05) is 12.1 Å². The molecule has 0 atom stereocenters. The number of benzene rings is 1. The summed E-state index contributed by atoms with van der Waals surface area (Å²) in [5.41, 5.74) is 0.978. The van der Waals surface area contributed by atoms with Gasteiger partial charge in [0.15, 0.2) is 0 Å². The number of hydrogen-bond acceptors (Lipinski definition) is 5. The first-order valence-electron chi connectivity index (χ1n) is 5.23. The number of carbonyl (C=O) groups excluding carboxylic acids is 1. The molecule has 2 N–H and O–H groups in total. The second-order valence-electron chi connectivity index (χ2n) is 3.47. The zero-order valence-corrected chi connectivity index (χ0v) is 11.2. The van der Waals surface area contributed by atoms with Crippen LogP contribution in [-0.4, -0.2) is 23.2 Å². The SMILES string of the molecule is CNc1nnc(C(=O)NCc2ccc(Cl)cc2)s1. The second-order valence-corrected chi connectivity index (χ2v) is 4.89. The molecule has 5 nitrogen and oxygen atoms in total. The van der Waals surface area contributed by atoms with E-state index >= 15 is 0 Å². The molecule has 0 fully saturated rings. The van der Waals surface area contributed by atoms with Crippen LogP contribution >= 0.6 is 22.9 Å². The summed E-state index contributed by atoms with van der Waals surface area (Å²) in [5, 5.41) is 14.8. The lowest BCUT2D eigenvalue weighted by atomic mass is 10.2. The highest BCUT2D eigenvalue weighted by molar-refractivity contribution is 7.17. The summed E-state index contributed by atoms with van der Waals surface area (Å²) in [7, 11) is 1.73. The van der Waals surface area contributed by atoms with E-state index in [-0.39, 0.29) is 5.91 Å². The van der Waals surface area contributed by atoms with Gasteiger partial charge in [-0.15, -0.1) is 10.2 Å². The van der Waals surface area contributed by atoms with Gasteiger partial charge in [-0.1, -0.05) is 35.1 Å². The molecule has 0 bridgehead atoms. The first-order valence-corrected chi connectivity index (χ1v) is 6.42. The van der Waals surface area contributed by atoms with Gasteiger partial charge in [0.2, 0.25) is 10.1 Å². The summed E-state index contributed by atoms with van der Waals surface area (Å²) in [6.45, 7) is 0.435. The second kappa shape index (κ2) is 5.79. The molecule has 18 heavy (non-hydrogen) atoms. The molecule has 0 radical (unpaired) electrons. The summed E-state index contributed by atoms with van der Waals surface area (Å²) in [4.78, 5) is 11.8. The van der Waals surface area contributed by atoms with Crippen LogP contribution in [0.25, 0.3) is 0 Å². The molecular formula is C11H11ClN4OS. The summed E-state index contributed by atoms with van der Waals surface area (Å²) >= 11 is 6.99. The Balaban J connectivity index is 1.93. The van der Waals surface area contributed by atoms with Crippen LogP contribution in [0.15, 0.2) is 24.3 Å². The highest BCUT2D eigenvalue weighted by atomic mass is 35.5. The van der Waals surface area contributed by atoms with Gasteiger partial charge in [-0.05, 0) is 17.7 Å². The third kappa shape index (κ3) is 3.18. The molecular weight excluding hydrogens is 272 g/mol. The Bertz CT molecular complexity index is 540. The van der Waals surface area contributed by atoms with Crippen LogP contribution in [0.2, 0.25) is 5.02 Å². The van der Waals surface area contributed by atoms with Crippen LogP contribution in [0.3, 0.4) is 0 Å². The van der Waals surface area contributed by atoms with Crippen LogP contribution in [0.5, 0.6) is 0 Å². The Morgan fingerprint density at radius 2 is 2.06 bits per heavy atom. The van der Waals surface area contributed by atoms with Crippen molar-refractivity contribution in [3.63, 3.8) is 0 Å². The number of nitrogens with zero attached hydrogens (tertiary/aromatic N) is 2. The maximum atomic E-state index is 11.8. The number of carbonyl (C=O) groups is 1. The lowest BCUT2D eigenvalue weighted by molar-refractivity contribution is 0.0950. The Labute approximate surface area is 113 Å². The molecule has 2 rings (SSSR count). The van der Waals surface area contributed by atoms with Crippen molar-refractivity contribution in [3.05, 3.63) is 39.9 Å². The lowest BCUT2D eigenvalue weighted by Gasteiger charge is -2.02. The van der Waals surface area contributed by atoms with Gasteiger partial charge in [-0.3, -0.25) is 4.79 Å². The number of nitrogens with one attached hydrogen (secondary N) is 2. The summed E-state index contributed by atoms with van der Waals surface area (Å²) in [6, 6.07) is 7.30. The monoisotopic (exact) mass is 282 g/mol. The predicted octanol–water partition coefficient (Wildman–Crippen LogP) is 2.16. The molecule has 1 aromatic carbocycles. The van der Waals surface area contributed by atoms with Gasteiger partial charge in [-0.2, -0.15) is 0 Å². The third-order valence-electron chi connectivity index (χ3n) is 2.20. The summed E-state index contributed by atoms with van der Waals surface area (Å²) < 4.78 is 0. The van der Waals surface area contributed by atoms with E-state index in [9.17, 15) is 4.79 Å². The molecule has 94 valence electrons. The van der Waals surface area contributed by atoms with E-state index in [0.29, 0.717) is 21.7 Å². The summed E-state index contributed by atoms with van der Waals surface area (Å²) in [6.07, 6.45) is 0. The Morgan fingerprint density at radius 3 is 2.67 bits per heavy atom. The topological polar surface area (TPSA) is 66.9 Å². The van der Waals surface area contributed by atoms with E-state index in [1.165, 1.54) is 11.3 Å². The largest absolute Gasteiger partial charge is 0.363 e. The van der Waals surface area contributed by atoms with Gasteiger partial charge in [0.25, 0.3) is 5.91 Å². The smallest absolute Gasteiger partial charge is 0.282 e. The fraction of sp³-hybridized carbons (Fsp3) is 0.182. The standard InChI is InChI=1S/C11H11ClN4OS/c1-13-11-16-15-10(18-11)9(17)14-6-7-2-4-8(12)5-3-7/h2-5H,6H2,1H3,(H,13,16)(H,14,17). The number of anilines is 1. The van der Waals surface area contributed by atoms with E-state index in [4.69, 9.17) is 11.6 Å². The number of rotatable bonds is 4. The van der Waals surface area contributed by atoms with E-state index in [0.717, 1.165) is 5.56 Å². The molecule has 0 spiro atoms. The maximum Gasteiger partial charge on any atom is 0.282 e. The van der Waals surface area contributed by atoms with Gasteiger partial charge in [-0.25, -0.2) is 0 Å². The van der Waals surface area contributed by atoms with Crippen LogP contribution in [0.1, 0.15) is 15.4 Å². The van der Waals surface area contributed by atoms with Gasteiger partial charge < -0.3 is 10.6 Å². The Kier molecular flexibility index (Phi) is 4.11. The minimum Gasteiger partial charge on any atom is -0.363 e. The molecule has 0 aliphatic carbocycles. The third-order valence-corrected chi connectivity index (χ3v) is 3.39. The quantitative estimate of drug-likeness (QED) is 0.902. The van der Waals surface area contributed by atoms with Crippen molar-refractivity contribution in [3.8, 4) is 0 Å². The number of aromatic nitrogens is 2. The lowest BCUT2D eigenvalue weighted by Crippen LogP contribution is -2.22. The maximum absolute atomic E-state index is 11.8. The molecule has 1 heterocycles. The molecule has 0 unspecified atom stereocenters. The number of amides is 1. The average Bonchev–Trinajstić information content (AvgIpc) is 2.86. The van der Waals surface area contributed by atoms with E-state index in [1.54, 1.807) is 19.2 Å². The Morgan fingerprint density at radius 1 is 1.33 bits per heavy atom. The molecule has 0 aliphatic heterocycles. The zero-order chi connectivity index (χ0) is 13.0. The minimum atomic E-state index is -0.232. The molecule has 0 saturated carbocycles. The van der Waals surface area contributed by atoms with Crippen LogP contribution in [0, 0.1) is 0 Å². The molecule has 1 aromatic heterocycles. The van der Waals surface area contributed by atoms with Gasteiger partial charge >= 0.3 is 0 Å². The van der Waals surface area contributed by atoms with Crippen LogP contribution < -0.4 is 10.6 Å². The molecule has 1 amide bonds. The highest BCUT2D eigenvalue weighted by Crippen LogP contribution is 2.14. The van der Waals surface area contributed by atoms with Crippen molar-refractivity contribution in [2.45, 2.75) is 6.54 Å². The predicted molar refractivity (Wildman–Crippen MR) is 72.1 cm³/mol. The molecule has 7 heteroatoms. The number of halogens is 1. The van der Waals surface area contributed by atoms with Crippen molar-refractivity contribution in [2.75, 3.05) is 12.4 Å². The van der Waals surface area contributed by atoms with Crippen molar-refractivity contribution < 1.29 is 4.79 Å². The van der Waals surface area contributed by atoms with Gasteiger partial charge in [0.1, 0.15) is 0 Å². The van der Waals surface area contributed by atoms with Crippen molar-refractivity contribution in [1.82, 2.24) is 15.5 Å². The van der Waals surface area contributed by atoms with E-state index in [2.05, 4.69) is 20.8 Å². The van der Waals surface area contributed by atoms with Crippen molar-refractivity contribution in [2.24, 2.45) is 0 Å². The normalized spacial score (nSPS) is 10.1. The zero-order valence-electron chi connectivity index (χ0n) is 9.61. The fourth-order valence-corrected chi connectivity index (χ4v) is 2.02. The first kappa shape index (κ1) is 12.8. The molecule has 0 aliphatic rings. The Hall–Kier alpha value is -1.66. The van der Waals surface area contributed by atoms with Crippen molar-refractivity contribution in [1.29, 1.82) is 0 Å². The minimum absolute atomic E-state index is 0.232. The molecule has 0 saturated heterocycles. The van der Waals surface area contributed by atoms with Gasteiger partial charge in [0.05, 0.1) is 0 Å². The van der Waals surface area contributed by atoms with Crippen LogP contribution in [0.4, 0.5) is 5.13 Å². The van der Waals surface area contributed by atoms with Crippen molar-refractivity contribution >= 4 is 34.0 Å². The highest BCUT2D eigenvalue weighted by Gasteiger charge is 2.11. The fourth-order valence-electron chi connectivity index (χ4n) is 1.28. The van der Waals surface area contributed by atoms with Gasteiger partial charge in [0, 0.05) is 18.6 Å². The van der Waals surface area contributed by atoms with E-state index < -0.39 is 0 Å². The van der Waals surface area contributed by atoms with Crippen LogP contribution in [-0.2, 0) is 6.54 Å². The summed E-state index contributed by atoms with van der Waals surface area (Å²) in [5.74, 6) is -0.232. The first-order chi connectivity index (χ1) is 8.69. The number of hydrogen-bond donors (Lipinski definition) is 2. The average molecular weight is 283 g/mol.